The molecule has 0 bridgehead atoms. The lowest BCUT2D eigenvalue weighted by Gasteiger charge is -2.55. The van der Waals surface area contributed by atoms with Gasteiger partial charge >= 0.3 is 5.97 Å². The smallest absolute Gasteiger partial charge is 0.335 e. The molecule has 4 nitrogen and oxygen atoms in total. The van der Waals surface area contributed by atoms with E-state index in [1.54, 1.807) is 12.1 Å². The molecule has 0 aromatic heterocycles. The predicted molar refractivity (Wildman–Crippen MR) is 94.7 cm³/mol. The lowest BCUT2D eigenvalue weighted by atomic mass is 9.57. The number of aromatic carboxylic acids is 1. The highest BCUT2D eigenvalue weighted by molar-refractivity contribution is 5.88. The maximum absolute atomic E-state index is 11.3. The van der Waals surface area contributed by atoms with Crippen LogP contribution in [0.3, 0.4) is 0 Å². The molecule has 132 valence electrons. The number of rotatable bonds is 4. The standard InChI is InChI=1S/C20H29NO3/c1-5-10-21-17-9-6-13(2)20(19(17,3)4)12-15-11-14(18(22)23)7-8-16(15)24-20/h7-8,11,13,17,21H,5-6,9-10,12H2,1-4H3,(H,22,23)/t13-,17+,20+/m0/s1. The van der Waals surface area contributed by atoms with E-state index < -0.39 is 5.97 Å². The van der Waals surface area contributed by atoms with Crippen LogP contribution < -0.4 is 10.1 Å². The summed E-state index contributed by atoms with van der Waals surface area (Å²) in [6.45, 7) is 10.1. The lowest BCUT2D eigenvalue weighted by molar-refractivity contribution is -0.113. The fraction of sp³-hybridized carbons (Fsp3) is 0.650. The number of carboxylic acids is 1. The number of nitrogens with one attached hydrogen (secondary N) is 1. The van der Waals surface area contributed by atoms with Gasteiger partial charge in [-0.05, 0) is 55.5 Å². The maximum atomic E-state index is 11.3. The Morgan fingerprint density at radius 1 is 1.38 bits per heavy atom. The molecular weight excluding hydrogens is 302 g/mol. The molecule has 1 aliphatic carbocycles. The summed E-state index contributed by atoms with van der Waals surface area (Å²) in [5.74, 6) is 0.418. The van der Waals surface area contributed by atoms with Crippen LogP contribution in [0, 0.1) is 11.3 Å². The second-order valence-corrected chi connectivity index (χ2v) is 8.00. The number of hydrogen-bond donors (Lipinski definition) is 2. The highest BCUT2D eigenvalue weighted by Crippen LogP contribution is 2.55. The van der Waals surface area contributed by atoms with E-state index in [1.807, 2.05) is 6.07 Å². The second kappa shape index (κ2) is 6.07. The molecule has 3 rings (SSSR count). The third kappa shape index (κ3) is 2.52. The van der Waals surface area contributed by atoms with Crippen LogP contribution in [-0.4, -0.2) is 29.3 Å². The molecule has 0 saturated heterocycles. The van der Waals surface area contributed by atoms with Gasteiger partial charge in [-0.15, -0.1) is 0 Å². The quantitative estimate of drug-likeness (QED) is 0.879. The topological polar surface area (TPSA) is 58.6 Å². The number of benzene rings is 1. The fourth-order valence-corrected chi connectivity index (χ4v) is 4.72. The van der Waals surface area contributed by atoms with Crippen LogP contribution in [0.2, 0.25) is 0 Å². The molecule has 2 N–H and O–H groups in total. The van der Waals surface area contributed by atoms with Gasteiger partial charge in [-0.2, -0.15) is 0 Å². The summed E-state index contributed by atoms with van der Waals surface area (Å²) < 4.78 is 6.57. The van der Waals surface area contributed by atoms with Crippen LogP contribution in [0.5, 0.6) is 5.75 Å². The number of carbonyl (C=O) groups is 1. The average Bonchev–Trinajstić information content (AvgIpc) is 2.93. The Morgan fingerprint density at radius 2 is 2.12 bits per heavy atom. The summed E-state index contributed by atoms with van der Waals surface area (Å²) in [6, 6.07) is 5.69. The van der Waals surface area contributed by atoms with Crippen LogP contribution >= 0.6 is 0 Å². The number of ether oxygens (including phenoxy) is 1. The first kappa shape index (κ1) is 17.3. The Morgan fingerprint density at radius 3 is 2.79 bits per heavy atom. The molecular formula is C20H29NO3. The first-order chi connectivity index (χ1) is 11.3. The van der Waals surface area contributed by atoms with Crippen molar-refractivity contribution < 1.29 is 14.6 Å². The van der Waals surface area contributed by atoms with E-state index in [0.29, 0.717) is 17.5 Å². The number of hydrogen-bond acceptors (Lipinski definition) is 3. The van der Waals surface area contributed by atoms with Crippen molar-refractivity contribution >= 4 is 5.97 Å². The van der Waals surface area contributed by atoms with Gasteiger partial charge in [0, 0.05) is 17.9 Å². The molecule has 24 heavy (non-hydrogen) atoms. The molecule has 1 spiro atoms. The van der Waals surface area contributed by atoms with E-state index in [4.69, 9.17) is 4.74 Å². The Labute approximate surface area is 144 Å². The van der Waals surface area contributed by atoms with Gasteiger partial charge in [-0.1, -0.05) is 27.7 Å². The highest BCUT2D eigenvalue weighted by Gasteiger charge is 2.59. The molecule has 1 aromatic rings. The Bertz CT molecular complexity index is 638. The van der Waals surface area contributed by atoms with Crippen molar-refractivity contribution in [1.82, 2.24) is 5.32 Å². The summed E-state index contributed by atoms with van der Waals surface area (Å²) in [4.78, 5) is 11.3. The van der Waals surface area contributed by atoms with Crippen molar-refractivity contribution in [3.63, 3.8) is 0 Å². The van der Waals surface area contributed by atoms with Crippen LogP contribution in [-0.2, 0) is 6.42 Å². The van der Waals surface area contributed by atoms with Gasteiger partial charge < -0.3 is 15.2 Å². The van der Waals surface area contributed by atoms with E-state index in [9.17, 15) is 9.90 Å². The van der Waals surface area contributed by atoms with E-state index >= 15 is 0 Å². The first-order valence-electron chi connectivity index (χ1n) is 9.10. The molecule has 0 amide bonds. The minimum Gasteiger partial charge on any atom is -0.486 e. The van der Waals surface area contributed by atoms with E-state index in [-0.39, 0.29) is 11.0 Å². The molecule has 0 radical (unpaired) electrons. The monoisotopic (exact) mass is 331 g/mol. The van der Waals surface area contributed by atoms with Crippen molar-refractivity contribution in [1.29, 1.82) is 0 Å². The zero-order chi connectivity index (χ0) is 17.5. The van der Waals surface area contributed by atoms with Crippen molar-refractivity contribution in [2.45, 2.75) is 65.0 Å². The lowest BCUT2D eigenvalue weighted by Crippen LogP contribution is -2.64. The van der Waals surface area contributed by atoms with Crippen LogP contribution in [0.1, 0.15) is 62.9 Å². The van der Waals surface area contributed by atoms with E-state index in [1.165, 1.54) is 0 Å². The summed E-state index contributed by atoms with van der Waals surface area (Å²) in [5, 5.41) is 13.0. The first-order valence-corrected chi connectivity index (χ1v) is 9.10. The van der Waals surface area contributed by atoms with E-state index in [0.717, 1.165) is 43.5 Å². The van der Waals surface area contributed by atoms with Gasteiger partial charge in [0.2, 0.25) is 0 Å². The van der Waals surface area contributed by atoms with Gasteiger partial charge in [0.15, 0.2) is 0 Å². The van der Waals surface area contributed by atoms with Crippen molar-refractivity contribution in [3.05, 3.63) is 29.3 Å². The Hall–Kier alpha value is -1.55. The van der Waals surface area contributed by atoms with Crippen LogP contribution in [0.15, 0.2) is 18.2 Å². The Kier molecular flexibility index (Phi) is 4.37. The van der Waals surface area contributed by atoms with E-state index in [2.05, 4.69) is 33.0 Å². The zero-order valence-electron chi connectivity index (χ0n) is 15.2. The second-order valence-electron chi connectivity index (χ2n) is 8.00. The third-order valence-electron chi connectivity index (χ3n) is 6.34. The zero-order valence-corrected chi connectivity index (χ0v) is 15.2. The summed E-state index contributed by atoms with van der Waals surface area (Å²) in [7, 11) is 0. The Balaban J connectivity index is 1.94. The fourth-order valence-electron chi connectivity index (χ4n) is 4.72. The average molecular weight is 331 g/mol. The largest absolute Gasteiger partial charge is 0.486 e. The molecule has 0 unspecified atom stereocenters. The highest BCUT2D eigenvalue weighted by atomic mass is 16.5. The normalized spacial score (nSPS) is 30.8. The van der Waals surface area contributed by atoms with Gasteiger partial charge in [0.1, 0.15) is 11.4 Å². The molecule has 1 fully saturated rings. The minimum atomic E-state index is -0.878. The molecule has 3 atom stereocenters. The minimum absolute atomic E-state index is 0.0256. The molecule has 1 aliphatic heterocycles. The van der Waals surface area contributed by atoms with Crippen LogP contribution in [0.4, 0.5) is 0 Å². The van der Waals surface area contributed by atoms with Crippen molar-refractivity contribution in [3.8, 4) is 5.75 Å². The SMILES string of the molecule is CCCN[C@@H]1CC[C@H](C)[C@]2(Cc3cc(C(=O)O)ccc3O2)C1(C)C. The molecule has 4 heteroatoms. The van der Waals surface area contributed by atoms with Crippen LogP contribution in [0.25, 0.3) is 0 Å². The maximum Gasteiger partial charge on any atom is 0.335 e. The van der Waals surface area contributed by atoms with Gasteiger partial charge in [-0.25, -0.2) is 4.79 Å². The molecule has 1 aromatic carbocycles. The molecule has 1 heterocycles. The number of fused-ring (bicyclic) bond motifs is 1. The van der Waals surface area contributed by atoms with Gasteiger partial charge in [0.25, 0.3) is 0 Å². The predicted octanol–water partition coefficient (Wildman–Crippen LogP) is 3.88. The summed E-state index contributed by atoms with van der Waals surface area (Å²) >= 11 is 0. The van der Waals surface area contributed by atoms with Gasteiger partial charge in [-0.3, -0.25) is 0 Å². The van der Waals surface area contributed by atoms with Crippen molar-refractivity contribution in [2.75, 3.05) is 6.54 Å². The summed E-state index contributed by atoms with van der Waals surface area (Å²) in [5.41, 5.74) is 1.08. The summed E-state index contributed by atoms with van der Waals surface area (Å²) in [6.07, 6.45) is 4.21. The third-order valence-corrected chi connectivity index (χ3v) is 6.34. The molecule has 1 saturated carbocycles. The molecule has 2 aliphatic rings. The number of carboxylic acid groups (broad SMARTS) is 1. The van der Waals surface area contributed by atoms with Crippen molar-refractivity contribution in [2.24, 2.45) is 11.3 Å². The van der Waals surface area contributed by atoms with Gasteiger partial charge in [0.05, 0.1) is 5.56 Å².